The number of rotatable bonds is 12. The Balaban J connectivity index is 1.53. The molecule has 0 aromatic heterocycles. The standard InChI is InChI=1S/C34H49N5O6/c1-17(2)24(26(40)20-13-9-18(3)10-14-20)37-32(45)38-28(33(4,5)6)31(44)39-16-21-23(34(21,7)8)25(39)30(43)36-22(15-19-11-12-19)27(41)29(35)42/h9-10,13-14,17,19,21-25,28H,11-12,15-16H2,1-8H3,(H2,35,42)(H,36,43)(H2,37,38,45)/t21-,22?,23-,24-,25-,28+/m0/s1. The third kappa shape index (κ3) is 7.39. The van der Waals surface area contributed by atoms with E-state index in [1.54, 1.807) is 12.1 Å². The van der Waals surface area contributed by atoms with Crippen LogP contribution in [-0.2, 0) is 19.2 Å². The Morgan fingerprint density at radius 2 is 1.58 bits per heavy atom. The van der Waals surface area contributed by atoms with Crippen molar-refractivity contribution in [3.05, 3.63) is 35.4 Å². The molecule has 1 unspecified atom stereocenters. The van der Waals surface area contributed by atoms with E-state index in [9.17, 15) is 28.8 Å². The van der Waals surface area contributed by atoms with E-state index < -0.39 is 59.1 Å². The maximum atomic E-state index is 14.2. The smallest absolute Gasteiger partial charge is 0.316 e. The number of nitrogens with two attached hydrogens (primary N) is 1. The fourth-order valence-corrected chi connectivity index (χ4v) is 6.72. The second-order valence-corrected chi connectivity index (χ2v) is 15.2. The zero-order valence-electron chi connectivity index (χ0n) is 27.7. The molecule has 2 saturated carbocycles. The average Bonchev–Trinajstić information content (AvgIpc) is 3.80. The minimum atomic E-state index is -1.10. The molecule has 11 heteroatoms. The number of piperidine rings is 1. The first-order chi connectivity index (χ1) is 20.8. The quantitative estimate of drug-likeness (QED) is 0.206. The predicted molar refractivity (Wildman–Crippen MR) is 169 cm³/mol. The molecule has 3 aliphatic rings. The number of amides is 5. The molecule has 5 amide bonds. The number of Topliss-reactive ketones (excluding diaryl/α,β-unsaturated/α-hetero) is 2. The van der Waals surface area contributed by atoms with E-state index >= 15 is 0 Å². The summed E-state index contributed by atoms with van der Waals surface area (Å²) in [6.45, 7) is 15.5. The summed E-state index contributed by atoms with van der Waals surface area (Å²) in [7, 11) is 0. The van der Waals surface area contributed by atoms with Crippen LogP contribution in [0.4, 0.5) is 4.79 Å². The van der Waals surface area contributed by atoms with Crippen LogP contribution in [0.2, 0.25) is 0 Å². The van der Waals surface area contributed by atoms with Crippen LogP contribution in [0, 0.1) is 41.4 Å². The molecule has 0 bridgehead atoms. The Morgan fingerprint density at radius 1 is 0.978 bits per heavy atom. The molecule has 1 aliphatic heterocycles. The van der Waals surface area contributed by atoms with Crippen LogP contribution in [0.1, 0.15) is 83.7 Å². The minimum Gasteiger partial charge on any atom is -0.363 e. The van der Waals surface area contributed by atoms with Gasteiger partial charge in [-0.05, 0) is 47.8 Å². The Bertz CT molecular complexity index is 1360. The molecule has 0 spiro atoms. The van der Waals surface area contributed by atoms with Crippen molar-refractivity contribution in [1.82, 2.24) is 20.9 Å². The number of benzene rings is 1. The van der Waals surface area contributed by atoms with Crippen molar-refractivity contribution in [2.24, 2.45) is 40.2 Å². The number of carbonyl (C=O) groups is 6. The van der Waals surface area contributed by atoms with Crippen LogP contribution in [0.5, 0.6) is 0 Å². The molecular weight excluding hydrogens is 574 g/mol. The van der Waals surface area contributed by atoms with Crippen LogP contribution in [0.15, 0.2) is 24.3 Å². The van der Waals surface area contributed by atoms with E-state index in [0.717, 1.165) is 18.4 Å². The van der Waals surface area contributed by atoms with Crippen LogP contribution < -0.4 is 21.7 Å². The number of hydrogen-bond acceptors (Lipinski definition) is 6. The second kappa shape index (κ2) is 12.6. The molecule has 0 radical (unpaired) electrons. The van der Waals surface area contributed by atoms with Gasteiger partial charge in [-0.2, -0.15) is 0 Å². The van der Waals surface area contributed by atoms with Gasteiger partial charge in [0, 0.05) is 12.1 Å². The zero-order chi connectivity index (χ0) is 33.6. The molecule has 1 heterocycles. The predicted octanol–water partition coefficient (Wildman–Crippen LogP) is 2.74. The van der Waals surface area contributed by atoms with E-state index in [1.165, 1.54) is 4.90 Å². The fraction of sp³-hybridized carbons (Fsp3) is 0.647. The number of fused-ring (bicyclic) bond motifs is 1. The summed E-state index contributed by atoms with van der Waals surface area (Å²) in [6, 6.07) is 2.71. The van der Waals surface area contributed by atoms with Crippen molar-refractivity contribution < 1.29 is 28.8 Å². The van der Waals surface area contributed by atoms with Gasteiger partial charge >= 0.3 is 6.03 Å². The molecule has 45 heavy (non-hydrogen) atoms. The summed E-state index contributed by atoms with van der Waals surface area (Å²) in [5, 5.41) is 8.36. The van der Waals surface area contributed by atoms with Crippen LogP contribution in [0.25, 0.3) is 0 Å². The SMILES string of the molecule is Cc1ccc(C(=O)[C@@H](NC(=O)N[C@H](C(=O)N2C[C@H]3[C@@H]([C@H]2C(=O)NC(CC2CC2)C(=O)C(N)=O)C3(C)C)C(C)(C)C)C(C)C)cc1. The summed E-state index contributed by atoms with van der Waals surface area (Å²) in [5.74, 6) is -3.15. The fourth-order valence-electron chi connectivity index (χ4n) is 6.72. The first-order valence-electron chi connectivity index (χ1n) is 16.0. The van der Waals surface area contributed by atoms with Gasteiger partial charge < -0.3 is 26.6 Å². The van der Waals surface area contributed by atoms with Gasteiger partial charge in [0.15, 0.2) is 5.78 Å². The maximum Gasteiger partial charge on any atom is 0.316 e. The lowest BCUT2D eigenvalue weighted by Gasteiger charge is -2.38. The Morgan fingerprint density at radius 3 is 2.09 bits per heavy atom. The van der Waals surface area contributed by atoms with Gasteiger partial charge in [0.2, 0.25) is 17.6 Å². The number of carbonyl (C=O) groups excluding carboxylic acids is 6. The molecule has 3 fully saturated rings. The van der Waals surface area contributed by atoms with Crippen molar-refractivity contribution in [2.45, 2.75) is 98.8 Å². The third-order valence-electron chi connectivity index (χ3n) is 9.86. The molecule has 2 aliphatic carbocycles. The van der Waals surface area contributed by atoms with Crippen molar-refractivity contribution in [3.8, 4) is 0 Å². The summed E-state index contributed by atoms with van der Waals surface area (Å²) >= 11 is 0. The van der Waals surface area contributed by atoms with Crippen molar-refractivity contribution in [2.75, 3.05) is 6.54 Å². The van der Waals surface area contributed by atoms with E-state index in [0.29, 0.717) is 18.5 Å². The van der Waals surface area contributed by atoms with Gasteiger partial charge in [-0.15, -0.1) is 0 Å². The van der Waals surface area contributed by atoms with Crippen molar-refractivity contribution >= 4 is 35.3 Å². The first kappa shape index (κ1) is 34.1. The number of urea groups is 1. The summed E-state index contributed by atoms with van der Waals surface area (Å²) < 4.78 is 0. The van der Waals surface area contributed by atoms with E-state index in [-0.39, 0.29) is 34.9 Å². The molecule has 1 aromatic rings. The van der Waals surface area contributed by atoms with Crippen molar-refractivity contribution in [3.63, 3.8) is 0 Å². The first-order valence-corrected chi connectivity index (χ1v) is 16.0. The highest BCUT2D eigenvalue weighted by Gasteiger charge is 2.70. The zero-order valence-corrected chi connectivity index (χ0v) is 27.7. The molecule has 6 atom stereocenters. The number of nitrogens with one attached hydrogen (secondary N) is 3. The second-order valence-electron chi connectivity index (χ2n) is 15.2. The third-order valence-corrected chi connectivity index (χ3v) is 9.86. The van der Waals surface area contributed by atoms with Gasteiger partial charge in [0.05, 0.1) is 12.1 Å². The largest absolute Gasteiger partial charge is 0.363 e. The lowest BCUT2D eigenvalue weighted by atomic mass is 9.85. The molecule has 1 saturated heterocycles. The molecule has 4 rings (SSSR count). The highest BCUT2D eigenvalue weighted by molar-refractivity contribution is 6.37. The molecule has 11 nitrogen and oxygen atoms in total. The van der Waals surface area contributed by atoms with Crippen LogP contribution in [-0.4, -0.2) is 70.9 Å². The number of aryl methyl sites for hydroxylation is 1. The Kier molecular flexibility index (Phi) is 9.52. The number of primary amides is 1. The molecular formula is C34H49N5O6. The van der Waals surface area contributed by atoms with Gasteiger partial charge in [0.1, 0.15) is 12.1 Å². The summed E-state index contributed by atoms with van der Waals surface area (Å²) in [5.41, 5.74) is 5.84. The number of likely N-dealkylation sites (tertiary alicyclic amines) is 1. The van der Waals surface area contributed by atoms with E-state index in [4.69, 9.17) is 5.73 Å². The maximum absolute atomic E-state index is 14.2. The number of hydrogen-bond donors (Lipinski definition) is 4. The highest BCUT2D eigenvalue weighted by atomic mass is 16.2. The molecule has 5 N–H and O–H groups in total. The summed E-state index contributed by atoms with van der Waals surface area (Å²) in [4.78, 5) is 80.6. The van der Waals surface area contributed by atoms with Crippen LogP contribution >= 0.6 is 0 Å². The van der Waals surface area contributed by atoms with Crippen molar-refractivity contribution in [1.29, 1.82) is 0 Å². The summed E-state index contributed by atoms with van der Waals surface area (Å²) in [6.07, 6.45) is 2.16. The van der Waals surface area contributed by atoms with Gasteiger partial charge in [-0.3, -0.25) is 24.0 Å². The topological polar surface area (TPSA) is 168 Å². The van der Waals surface area contributed by atoms with Gasteiger partial charge in [-0.25, -0.2) is 4.79 Å². The lowest BCUT2D eigenvalue weighted by Crippen LogP contribution is -2.62. The van der Waals surface area contributed by atoms with E-state index in [2.05, 4.69) is 16.0 Å². The highest BCUT2D eigenvalue weighted by Crippen LogP contribution is 2.65. The van der Waals surface area contributed by atoms with Crippen LogP contribution in [0.3, 0.4) is 0 Å². The lowest BCUT2D eigenvalue weighted by molar-refractivity contribution is -0.145. The van der Waals surface area contributed by atoms with E-state index in [1.807, 2.05) is 67.5 Å². The molecule has 1 aromatic carbocycles. The normalized spacial score (nSPS) is 23.8. The molecule has 246 valence electrons. The Hall–Kier alpha value is -3.76. The van der Waals surface area contributed by atoms with Gasteiger partial charge in [0.25, 0.3) is 5.91 Å². The monoisotopic (exact) mass is 623 g/mol. The average molecular weight is 624 g/mol. The Labute approximate surface area is 265 Å². The number of nitrogens with zero attached hydrogens (tertiary/aromatic N) is 1. The number of ketones is 2. The van der Waals surface area contributed by atoms with Gasteiger partial charge in [-0.1, -0.05) is 91.1 Å². The minimum absolute atomic E-state index is 0.0674.